The van der Waals surface area contributed by atoms with Gasteiger partial charge in [-0.15, -0.1) is 0 Å². The third-order valence-electron chi connectivity index (χ3n) is 2.94. The molecular weight excluding hydrogens is 278 g/mol. The molecule has 3 aromatic rings. The second-order valence-electron chi connectivity index (χ2n) is 4.41. The van der Waals surface area contributed by atoms with E-state index >= 15 is 0 Å². The zero-order valence-electron chi connectivity index (χ0n) is 10.8. The number of oxazole rings is 1. The van der Waals surface area contributed by atoms with Crippen molar-refractivity contribution in [2.45, 2.75) is 13.6 Å². The van der Waals surface area contributed by atoms with Gasteiger partial charge in [-0.3, -0.25) is 4.57 Å². The van der Waals surface area contributed by atoms with Crippen LogP contribution in [0.3, 0.4) is 0 Å². The van der Waals surface area contributed by atoms with Gasteiger partial charge in [0.25, 0.3) is 0 Å². The Morgan fingerprint density at radius 1 is 1.35 bits per heavy atom. The fraction of sp³-hybridized carbons (Fsp3) is 0.143. The first-order valence-electron chi connectivity index (χ1n) is 6.10. The fourth-order valence-corrected chi connectivity index (χ4v) is 2.15. The SMILES string of the molecule is Cc1cccc(NCn2c(=O)oc3cc(Cl)ccc32)n1. The van der Waals surface area contributed by atoms with Crippen LogP contribution in [0.5, 0.6) is 0 Å². The molecule has 0 fully saturated rings. The maximum absolute atomic E-state index is 11.8. The molecule has 0 saturated carbocycles. The van der Waals surface area contributed by atoms with E-state index in [0.29, 0.717) is 21.9 Å². The van der Waals surface area contributed by atoms with E-state index in [9.17, 15) is 4.79 Å². The van der Waals surface area contributed by atoms with Crippen LogP contribution in [0.1, 0.15) is 5.69 Å². The van der Waals surface area contributed by atoms with Gasteiger partial charge in [0.2, 0.25) is 0 Å². The lowest BCUT2D eigenvalue weighted by Gasteiger charge is -2.06. The van der Waals surface area contributed by atoms with E-state index in [1.54, 1.807) is 18.2 Å². The Morgan fingerprint density at radius 2 is 2.20 bits per heavy atom. The molecule has 0 saturated heterocycles. The number of aromatic nitrogens is 2. The van der Waals surface area contributed by atoms with Gasteiger partial charge < -0.3 is 9.73 Å². The molecule has 102 valence electrons. The monoisotopic (exact) mass is 289 g/mol. The van der Waals surface area contributed by atoms with E-state index in [0.717, 1.165) is 5.69 Å². The highest BCUT2D eigenvalue weighted by Gasteiger charge is 2.09. The van der Waals surface area contributed by atoms with Crippen molar-refractivity contribution in [3.63, 3.8) is 0 Å². The Hall–Kier alpha value is -2.27. The molecular formula is C14H12ClN3O2. The van der Waals surface area contributed by atoms with Crippen molar-refractivity contribution in [3.8, 4) is 0 Å². The van der Waals surface area contributed by atoms with Crippen LogP contribution in [0.4, 0.5) is 5.82 Å². The van der Waals surface area contributed by atoms with Crippen molar-refractivity contribution in [1.29, 1.82) is 0 Å². The number of pyridine rings is 1. The average molecular weight is 290 g/mol. The molecule has 0 amide bonds. The smallest absolute Gasteiger partial charge is 0.408 e. The zero-order chi connectivity index (χ0) is 14.1. The van der Waals surface area contributed by atoms with Gasteiger partial charge in [0.1, 0.15) is 12.5 Å². The maximum Gasteiger partial charge on any atom is 0.421 e. The molecule has 5 nitrogen and oxygen atoms in total. The lowest BCUT2D eigenvalue weighted by Crippen LogP contribution is -2.19. The van der Waals surface area contributed by atoms with Gasteiger partial charge in [0.15, 0.2) is 5.58 Å². The quantitative estimate of drug-likeness (QED) is 0.805. The zero-order valence-corrected chi connectivity index (χ0v) is 11.5. The van der Waals surface area contributed by atoms with Crippen molar-refractivity contribution in [2.24, 2.45) is 0 Å². The molecule has 0 spiro atoms. The lowest BCUT2D eigenvalue weighted by atomic mass is 10.3. The highest BCUT2D eigenvalue weighted by molar-refractivity contribution is 6.31. The second-order valence-corrected chi connectivity index (χ2v) is 4.84. The van der Waals surface area contributed by atoms with E-state index in [-0.39, 0.29) is 6.67 Å². The van der Waals surface area contributed by atoms with E-state index in [1.807, 2.05) is 25.1 Å². The highest BCUT2D eigenvalue weighted by Crippen LogP contribution is 2.18. The third kappa shape index (κ3) is 2.40. The molecule has 0 aliphatic carbocycles. The summed E-state index contributed by atoms with van der Waals surface area (Å²) in [6, 6.07) is 10.8. The largest absolute Gasteiger partial charge is 0.421 e. The molecule has 2 aromatic heterocycles. The van der Waals surface area contributed by atoms with E-state index in [1.165, 1.54) is 4.57 Å². The minimum atomic E-state index is -0.428. The summed E-state index contributed by atoms with van der Waals surface area (Å²) in [6.45, 7) is 2.19. The minimum Gasteiger partial charge on any atom is -0.408 e. The Morgan fingerprint density at radius 3 is 3.00 bits per heavy atom. The third-order valence-corrected chi connectivity index (χ3v) is 3.17. The Labute approximate surface area is 119 Å². The number of benzene rings is 1. The first-order valence-corrected chi connectivity index (χ1v) is 6.48. The number of nitrogens with zero attached hydrogens (tertiary/aromatic N) is 2. The summed E-state index contributed by atoms with van der Waals surface area (Å²) in [5.74, 6) is 0.280. The topological polar surface area (TPSA) is 60.1 Å². The molecule has 1 aromatic carbocycles. The lowest BCUT2D eigenvalue weighted by molar-refractivity contribution is 0.515. The van der Waals surface area contributed by atoms with E-state index in [2.05, 4.69) is 10.3 Å². The van der Waals surface area contributed by atoms with Crippen LogP contribution >= 0.6 is 11.6 Å². The molecule has 0 aliphatic rings. The van der Waals surface area contributed by atoms with Crippen LogP contribution in [0.15, 0.2) is 45.6 Å². The molecule has 2 heterocycles. The molecule has 6 heteroatoms. The van der Waals surface area contributed by atoms with Crippen LogP contribution < -0.4 is 11.1 Å². The molecule has 0 unspecified atom stereocenters. The Balaban J connectivity index is 1.91. The molecule has 0 atom stereocenters. The van der Waals surface area contributed by atoms with E-state index < -0.39 is 5.76 Å². The van der Waals surface area contributed by atoms with Gasteiger partial charge in [-0.05, 0) is 31.2 Å². The summed E-state index contributed by atoms with van der Waals surface area (Å²) < 4.78 is 6.65. The molecule has 3 rings (SSSR count). The summed E-state index contributed by atoms with van der Waals surface area (Å²) in [4.78, 5) is 16.1. The van der Waals surface area contributed by atoms with Gasteiger partial charge in [0.05, 0.1) is 5.52 Å². The average Bonchev–Trinajstić information content (AvgIpc) is 2.71. The van der Waals surface area contributed by atoms with Gasteiger partial charge >= 0.3 is 5.76 Å². The van der Waals surface area contributed by atoms with Gasteiger partial charge in [-0.25, -0.2) is 9.78 Å². The summed E-state index contributed by atoms with van der Waals surface area (Å²) in [7, 11) is 0. The van der Waals surface area contributed by atoms with Crippen LogP contribution in [0.2, 0.25) is 5.02 Å². The summed E-state index contributed by atoms with van der Waals surface area (Å²) in [5, 5.41) is 3.63. The number of nitrogens with one attached hydrogen (secondary N) is 1. The number of hydrogen-bond donors (Lipinski definition) is 1. The first-order chi connectivity index (χ1) is 9.63. The number of aryl methyl sites for hydroxylation is 1. The van der Waals surface area contributed by atoms with Gasteiger partial charge in [-0.2, -0.15) is 0 Å². The predicted octanol–water partition coefficient (Wildman–Crippen LogP) is 3.02. The van der Waals surface area contributed by atoms with Crippen molar-refractivity contribution >= 4 is 28.5 Å². The van der Waals surface area contributed by atoms with Crippen molar-refractivity contribution in [3.05, 3.63) is 57.7 Å². The molecule has 1 N–H and O–H groups in total. The predicted molar refractivity (Wildman–Crippen MR) is 78.1 cm³/mol. The normalized spacial score (nSPS) is 10.9. The number of anilines is 1. The Kier molecular flexibility index (Phi) is 3.20. The van der Waals surface area contributed by atoms with Crippen LogP contribution in [-0.2, 0) is 6.67 Å². The number of fused-ring (bicyclic) bond motifs is 1. The van der Waals surface area contributed by atoms with Crippen LogP contribution in [0.25, 0.3) is 11.1 Å². The number of rotatable bonds is 3. The second kappa shape index (κ2) is 5.02. The summed E-state index contributed by atoms with van der Waals surface area (Å²) in [6.07, 6.45) is 0. The minimum absolute atomic E-state index is 0.282. The number of halogens is 1. The number of hydrogen-bond acceptors (Lipinski definition) is 4. The van der Waals surface area contributed by atoms with E-state index in [4.69, 9.17) is 16.0 Å². The molecule has 0 aliphatic heterocycles. The van der Waals surface area contributed by atoms with Crippen molar-refractivity contribution in [1.82, 2.24) is 9.55 Å². The Bertz CT molecular complexity index is 823. The highest BCUT2D eigenvalue weighted by atomic mass is 35.5. The summed E-state index contributed by atoms with van der Waals surface area (Å²) >= 11 is 5.87. The van der Waals surface area contributed by atoms with Crippen molar-refractivity contribution < 1.29 is 4.42 Å². The first kappa shape index (κ1) is 12.7. The summed E-state index contributed by atoms with van der Waals surface area (Å²) in [5.41, 5.74) is 2.08. The van der Waals surface area contributed by atoms with Crippen molar-refractivity contribution in [2.75, 3.05) is 5.32 Å². The van der Waals surface area contributed by atoms with Gasteiger partial charge in [0, 0.05) is 16.8 Å². The molecule has 0 bridgehead atoms. The molecule has 20 heavy (non-hydrogen) atoms. The van der Waals surface area contributed by atoms with Crippen LogP contribution in [0, 0.1) is 6.92 Å². The standard InChI is InChI=1S/C14H12ClN3O2/c1-9-3-2-4-13(17-9)16-8-18-11-6-5-10(15)7-12(11)20-14(18)19/h2-7H,8H2,1H3,(H,16,17). The maximum atomic E-state index is 11.8. The van der Waals surface area contributed by atoms with Gasteiger partial charge in [-0.1, -0.05) is 17.7 Å². The fourth-order valence-electron chi connectivity index (χ4n) is 1.99. The van der Waals surface area contributed by atoms with Crippen LogP contribution in [-0.4, -0.2) is 9.55 Å². The molecule has 0 radical (unpaired) electrons.